The Labute approximate surface area is 163 Å². The second kappa shape index (κ2) is 6.86. The van der Waals surface area contributed by atoms with Crippen molar-refractivity contribution in [1.29, 1.82) is 5.26 Å². The molecule has 0 aliphatic carbocycles. The molecular formula is C21H15BrN4O. The van der Waals surface area contributed by atoms with Gasteiger partial charge < -0.3 is 9.97 Å². The number of hydrogen-bond donors (Lipinski definition) is 2. The summed E-state index contributed by atoms with van der Waals surface area (Å²) >= 11 is 3.35. The van der Waals surface area contributed by atoms with E-state index < -0.39 is 0 Å². The fourth-order valence-electron chi connectivity index (χ4n) is 3.20. The standard InChI is InChI=1S/C21H15BrN4O/c1-2-12-4-3-5-16-14(11-24-19(12)16)8-13(10-23)20-25-18-7-6-15(22)9-17(18)21(27)26-20/h3-9,11,24H,2H2,1H3,(H,25,26,27)/b13-8+. The zero-order valence-electron chi connectivity index (χ0n) is 14.5. The summed E-state index contributed by atoms with van der Waals surface area (Å²) in [6.45, 7) is 2.11. The van der Waals surface area contributed by atoms with Crippen molar-refractivity contribution in [3.63, 3.8) is 0 Å². The Morgan fingerprint density at radius 3 is 2.93 bits per heavy atom. The SMILES string of the molecule is CCc1cccc2c(/C=C(\C#N)c3nc4ccc(Br)cc4c(=O)[nH]3)c[nH]c12. The van der Waals surface area contributed by atoms with E-state index in [1.54, 1.807) is 18.2 Å². The van der Waals surface area contributed by atoms with Gasteiger partial charge in [-0.05, 0) is 36.3 Å². The molecule has 0 spiro atoms. The normalized spacial score (nSPS) is 11.8. The molecular weight excluding hydrogens is 404 g/mol. The highest BCUT2D eigenvalue weighted by atomic mass is 79.9. The Morgan fingerprint density at radius 1 is 1.30 bits per heavy atom. The zero-order valence-corrected chi connectivity index (χ0v) is 16.1. The number of aryl methyl sites for hydroxylation is 1. The molecule has 2 N–H and O–H groups in total. The Bertz CT molecular complexity index is 1310. The molecule has 2 aromatic carbocycles. The highest BCUT2D eigenvalue weighted by Gasteiger charge is 2.11. The lowest BCUT2D eigenvalue weighted by molar-refractivity contribution is 1.13. The lowest BCUT2D eigenvalue weighted by Gasteiger charge is -2.03. The molecule has 0 aliphatic rings. The van der Waals surface area contributed by atoms with Gasteiger partial charge in [0.15, 0.2) is 5.82 Å². The Morgan fingerprint density at radius 2 is 2.15 bits per heavy atom. The highest BCUT2D eigenvalue weighted by molar-refractivity contribution is 9.10. The minimum Gasteiger partial charge on any atom is -0.360 e. The number of fused-ring (bicyclic) bond motifs is 2. The van der Waals surface area contributed by atoms with Crippen LogP contribution < -0.4 is 5.56 Å². The van der Waals surface area contributed by atoms with Gasteiger partial charge >= 0.3 is 0 Å². The second-order valence-electron chi connectivity index (χ2n) is 6.18. The number of aromatic nitrogens is 3. The van der Waals surface area contributed by atoms with Gasteiger partial charge in [-0.25, -0.2) is 4.98 Å². The first kappa shape index (κ1) is 17.3. The van der Waals surface area contributed by atoms with Crippen LogP contribution in [-0.4, -0.2) is 15.0 Å². The van der Waals surface area contributed by atoms with Gasteiger partial charge in [0, 0.05) is 27.1 Å². The van der Waals surface area contributed by atoms with Gasteiger partial charge in [0.1, 0.15) is 6.07 Å². The zero-order chi connectivity index (χ0) is 19.0. The van der Waals surface area contributed by atoms with E-state index in [0.717, 1.165) is 27.4 Å². The highest BCUT2D eigenvalue weighted by Crippen LogP contribution is 2.26. The van der Waals surface area contributed by atoms with E-state index in [-0.39, 0.29) is 11.4 Å². The third-order valence-electron chi connectivity index (χ3n) is 4.56. The molecule has 0 aliphatic heterocycles. The van der Waals surface area contributed by atoms with Crippen LogP contribution in [0.2, 0.25) is 0 Å². The molecule has 5 nitrogen and oxygen atoms in total. The van der Waals surface area contributed by atoms with E-state index in [1.165, 1.54) is 5.56 Å². The van der Waals surface area contributed by atoms with Crippen LogP contribution in [0.4, 0.5) is 0 Å². The first-order valence-corrected chi connectivity index (χ1v) is 9.30. The summed E-state index contributed by atoms with van der Waals surface area (Å²) in [5.41, 5.74) is 3.74. The monoisotopic (exact) mass is 418 g/mol. The van der Waals surface area contributed by atoms with Crippen molar-refractivity contribution in [1.82, 2.24) is 15.0 Å². The van der Waals surface area contributed by atoms with Crippen LogP contribution >= 0.6 is 15.9 Å². The van der Waals surface area contributed by atoms with Crippen molar-refractivity contribution < 1.29 is 0 Å². The molecule has 0 radical (unpaired) electrons. The number of para-hydroxylation sites is 1. The molecule has 0 fully saturated rings. The second-order valence-corrected chi connectivity index (χ2v) is 7.10. The molecule has 0 atom stereocenters. The summed E-state index contributed by atoms with van der Waals surface area (Å²) in [7, 11) is 0. The number of aromatic amines is 2. The topological polar surface area (TPSA) is 85.3 Å². The molecule has 0 unspecified atom stereocenters. The maximum absolute atomic E-state index is 12.4. The van der Waals surface area contributed by atoms with Crippen molar-refractivity contribution in [2.45, 2.75) is 13.3 Å². The molecule has 132 valence electrons. The van der Waals surface area contributed by atoms with Gasteiger partial charge in [-0.15, -0.1) is 0 Å². The maximum Gasteiger partial charge on any atom is 0.259 e. The quantitative estimate of drug-likeness (QED) is 0.468. The van der Waals surface area contributed by atoms with E-state index in [4.69, 9.17) is 0 Å². The number of nitrogens with zero attached hydrogens (tertiary/aromatic N) is 2. The third kappa shape index (κ3) is 3.07. The smallest absolute Gasteiger partial charge is 0.259 e. The molecule has 0 saturated carbocycles. The van der Waals surface area contributed by atoms with Crippen molar-refractivity contribution in [3.8, 4) is 6.07 Å². The fourth-order valence-corrected chi connectivity index (χ4v) is 3.56. The summed E-state index contributed by atoms with van der Waals surface area (Å²) < 4.78 is 0.802. The first-order valence-electron chi connectivity index (χ1n) is 8.51. The number of nitriles is 1. The predicted octanol–water partition coefficient (Wildman–Crippen LogP) is 4.79. The molecule has 4 aromatic rings. The summed E-state index contributed by atoms with van der Waals surface area (Å²) in [4.78, 5) is 22.9. The Kier molecular flexibility index (Phi) is 4.38. The molecule has 4 rings (SSSR count). The van der Waals surface area contributed by atoms with Gasteiger partial charge in [0.25, 0.3) is 5.56 Å². The van der Waals surface area contributed by atoms with Crippen LogP contribution in [0.15, 0.2) is 51.9 Å². The lowest BCUT2D eigenvalue weighted by atomic mass is 10.1. The maximum atomic E-state index is 12.4. The Hall–Kier alpha value is -3.17. The summed E-state index contributed by atoms with van der Waals surface area (Å²) in [5.74, 6) is 0.262. The van der Waals surface area contributed by atoms with Crippen molar-refractivity contribution in [2.24, 2.45) is 0 Å². The average molecular weight is 419 g/mol. The minimum atomic E-state index is -0.273. The fraction of sp³-hybridized carbons (Fsp3) is 0.0952. The average Bonchev–Trinajstić information content (AvgIpc) is 3.09. The van der Waals surface area contributed by atoms with Crippen LogP contribution in [0.25, 0.3) is 33.5 Å². The predicted molar refractivity (Wildman–Crippen MR) is 111 cm³/mol. The van der Waals surface area contributed by atoms with Gasteiger partial charge in [0.2, 0.25) is 0 Å². The molecule has 27 heavy (non-hydrogen) atoms. The summed E-state index contributed by atoms with van der Waals surface area (Å²) in [6, 6.07) is 13.6. The number of nitrogens with one attached hydrogen (secondary N) is 2. The molecule has 0 bridgehead atoms. The largest absolute Gasteiger partial charge is 0.360 e. The molecule has 2 heterocycles. The molecule has 0 saturated heterocycles. The number of hydrogen-bond acceptors (Lipinski definition) is 3. The number of allylic oxidation sites excluding steroid dienone is 1. The van der Waals surface area contributed by atoms with Gasteiger partial charge in [-0.2, -0.15) is 5.26 Å². The number of rotatable bonds is 3. The van der Waals surface area contributed by atoms with Crippen LogP contribution in [0, 0.1) is 11.3 Å². The van der Waals surface area contributed by atoms with Crippen molar-refractivity contribution >= 4 is 49.4 Å². The van der Waals surface area contributed by atoms with E-state index in [0.29, 0.717) is 16.5 Å². The molecule has 6 heteroatoms. The molecule has 0 amide bonds. The summed E-state index contributed by atoms with van der Waals surface area (Å²) in [6.07, 6.45) is 4.54. The van der Waals surface area contributed by atoms with Crippen LogP contribution in [0.1, 0.15) is 23.9 Å². The number of halogens is 1. The number of H-pyrrole nitrogens is 2. The van der Waals surface area contributed by atoms with Crippen LogP contribution in [0.5, 0.6) is 0 Å². The van der Waals surface area contributed by atoms with Crippen molar-refractivity contribution in [2.75, 3.05) is 0 Å². The minimum absolute atomic E-state index is 0.262. The van der Waals surface area contributed by atoms with Crippen LogP contribution in [-0.2, 0) is 6.42 Å². The lowest BCUT2D eigenvalue weighted by Crippen LogP contribution is -2.11. The first-order chi connectivity index (χ1) is 13.1. The van der Waals surface area contributed by atoms with Crippen molar-refractivity contribution in [3.05, 3.63) is 74.4 Å². The van der Waals surface area contributed by atoms with E-state index >= 15 is 0 Å². The Balaban J connectivity index is 1.88. The van der Waals surface area contributed by atoms with Gasteiger partial charge in [0.05, 0.1) is 16.5 Å². The third-order valence-corrected chi connectivity index (χ3v) is 5.05. The number of benzene rings is 2. The molecule has 2 aromatic heterocycles. The van der Waals surface area contributed by atoms with Crippen LogP contribution in [0.3, 0.4) is 0 Å². The van der Waals surface area contributed by atoms with E-state index in [2.05, 4.69) is 49.9 Å². The van der Waals surface area contributed by atoms with Gasteiger partial charge in [-0.3, -0.25) is 4.79 Å². The van der Waals surface area contributed by atoms with E-state index in [9.17, 15) is 10.1 Å². The van der Waals surface area contributed by atoms with E-state index in [1.807, 2.05) is 24.4 Å². The summed E-state index contributed by atoms with van der Waals surface area (Å²) in [5, 5.41) is 11.2. The van der Waals surface area contributed by atoms with Gasteiger partial charge in [-0.1, -0.05) is 41.1 Å².